The molecule has 0 bridgehead atoms. The molecule has 0 spiro atoms. The molecule has 4 aromatic rings. The monoisotopic (exact) mass is 425 g/mol. The lowest BCUT2D eigenvalue weighted by atomic mass is 9.96. The number of rotatable bonds is 6. The summed E-state index contributed by atoms with van der Waals surface area (Å²) in [4.78, 5) is 24.9. The lowest BCUT2D eigenvalue weighted by molar-refractivity contribution is -0.429. The van der Waals surface area contributed by atoms with E-state index < -0.39 is 6.04 Å². The van der Waals surface area contributed by atoms with Crippen molar-refractivity contribution in [2.45, 2.75) is 12.6 Å². The van der Waals surface area contributed by atoms with Gasteiger partial charge >= 0.3 is 0 Å². The maximum absolute atomic E-state index is 12.6. The fourth-order valence-electron chi connectivity index (χ4n) is 3.96. The highest BCUT2D eigenvalue weighted by Gasteiger charge is 2.36. The summed E-state index contributed by atoms with van der Waals surface area (Å²) in [5.74, 6) is 0.260. The van der Waals surface area contributed by atoms with E-state index >= 15 is 0 Å². The normalized spacial score (nSPS) is 14.7. The third-order valence-electron chi connectivity index (χ3n) is 5.54. The first kappa shape index (κ1) is 19.7. The molecule has 1 aromatic heterocycles. The second kappa shape index (κ2) is 8.11. The number of nitrogens with zero attached hydrogens (tertiary/aromatic N) is 2. The summed E-state index contributed by atoms with van der Waals surface area (Å²) in [5.41, 5.74) is 5.02. The van der Waals surface area contributed by atoms with Gasteiger partial charge in [-0.2, -0.15) is 5.10 Å². The summed E-state index contributed by atoms with van der Waals surface area (Å²) in [5, 5.41) is 10.2. The van der Waals surface area contributed by atoms with Crippen molar-refractivity contribution in [2.24, 2.45) is 0 Å². The van der Waals surface area contributed by atoms with Gasteiger partial charge in [-0.1, -0.05) is 66.7 Å². The highest BCUT2D eigenvalue weighted by Crippen LogP contribution is 2.39. The van der Waals surface area contributed by atoms with Crippen molar-refractivity contribution in [1.29, 1.82) is 0 Å². The van der Waals surface area contributed by atoms with Gasteiger partial charge in [0.1, 0.15) is 12.3 Å². The highest BCUT2D eigenvalue weighted by molar-refractivity contribution is 6.00. The number of amides is 1. The number of H-pyrrole nitrogens is 1. The number of aromatic amines is 1. The number of nitrogens with one attached hydrogen (secondary N) is 2. The number of fused-ring (bicyclic) bond motifs is 1. The van der Waals surface area contributed by atoms with Crippen LogP contribution in [0.15, 0.2) is 78.9 Å². The summed E-state index contributed by atoms with van der Waals surface area (Å²) in [6.45, 7) is 0.352. The van der Waals surface area contributed by atoms with E-state index in [-0.39, 0.29) is 5.91 Å². The molecule has 0 radical (unpaired) electrons. The van der Waals surface area contributed by atoms with Crippen molar-refractivity contribution in [3.05, 3.63) is 106 Å². The Morgan fingerprint density at radius 2 is 1.72 bits per heavy atom. The van der Waals surface area contributed by atoms with Gasteiger partial charge in [-0.3, -0.25) is 9.89 Å². The predicted octanol–water partition coefficient (Wildman–Crippen LogP) is 4.53. The van der Waals surface area contributed by atoms with Gasteiger partial charge in [-0.15, -0.1) is 0 Å². The third-order valence-corrected chi connectivity index (χ3v) is 5.54. The van der Waals surface area contributed by atoms with E-state index in [9.17, 15) is 9.70 Å². The molecule has 3 aromatic carbocycles. The Morgan fingerprint density at radius 1 is 1.00 bits per heavy atom. The van der Waals surface area contributed by atoms with Crippen LogP contribution in [-0.4, -0.2) is 27.9 Å². The van der Waals surface area contributed by atoms with Crippen molar-refractivity contribution in [3.8, 4) is 17.0 Å². The van der Waals surface area contributed by atoms with Crippen LogP contribution in [0.1, 0.15) is 33.2 Å². The van der Waals surface area contributed by atoms with E-state index in [2.05, 4.69) is 15.5 Å². The Morgan fingerprint density at radius 3 is 2.44 bits per heavy atom. The van der Waals surface area contributed by atoms with Crippen molar-refractivity contribution < 1.29 is 14.3 Å². The number of carbonyl (C=O) groups excluding carboxylic acids is 1. The van der Waals surface area contributed by atoms with Gasteiger partial charge < -0.3 is 10.1 Å². The number of hydrogen-bond donors (Lipinski definition) is 2. The summed E-state index contributed by atoms with van der Waals surface area (Å²) in [7, 11) is 1.43. The van der Waals surface area contributed by atoms with Crippen LogP contribution in [0.2, 0.25) is 0 Å². The Labute approximate surface area is 184 Å². The first-order valence-corrected chi connectivity index (χ1v) is 10.3. The van der Waals surface area contributed by atoms with Gasteiger partial charge in [0, 0.05) is 26.9 Å². The second-order valence-electron chi connectivity index (χ2n) is 7.63. The number of benzene rings is 3. The van der Waals surface area contributed by atoms with Crippen LogP contribution in [0.25, 0.3) is 11.3 Å². The predicted molar refractivity (Wildman–Crippen MR) is 120 cm³/mol. The van der Waals surface area contributed by atoms with Gasteiger partial charge in [0.15, 0.2) is 12.8 Å². The van der Waals surface area contributed by atoms with E-state index in [4.69, 9.17) is 4.74 Å². The van der Waals surface area contributed by atoms with E-state index in [1.165, 1.54) is 7.05 Å². The van der Waals surface area contributed by atoms with Gasteiger partial charge in [0.05, 0.1) is 11.7 Å². The van der Waals surface area contributed by atoms with Crippen LogP contribution in [0.5, 0.6) is 5.75 Å². The Hall–Kier alpha value is -4.26. The van der Waals surface area contributed by atoms with E-state index in [0.29, 0.717) is 29.4 Å². The molecular weight excluding hydrogens is 404 g/mol. The maximum atomic E-state index is 12.6. The molecule has 0 saturated carbocycles. The second-order valence-corrected chi connectivity index (χ2v) is 7.63. The van der Waals surface area contributed by atoms with Crippen molar-refractivity contribution >= 4 is 11.6 Å². The molecule has 158 valence electrons. The fraction of sp³-hybridized carbons (Fsp3) is 0.120. The molecule has 5 rings (SSSR count). The molecule has 2 heterocycles. The molecule has 0 saturated heterocycles. The third kappa shape index (κ3) is 3.54. The fourth-order valence-corrected chi connectivity index (χ4v) is 3.96. The summed E-state index contributed by atoms with van der Waals surface area (Å²) < 4.78 is 6.70. The summed E-state index contributed by atoms with van der Waals surface area (Å²) >= 11 is 0. The van der Waals surface area contributed by atoms with Crippen LogP contribution in [0, 0.1) is 4.91 Å². The molecule has 1 atom stereocenters. The summed E-state index contributed by atoms with van der Waals surface area (Å²) in [6.07, 6.45) is 0. The molecule has 7 nitrogen and oxygen atoms in total. The Bertz CT molecular complexity index is 1300. The van der Waals surface area contributed by atoms with Crippen LogP contribution >= 0.6 is 0 Å². The highest BCUT2D eigenvalue weighted by atomic mass is 16.5. The minimum Gasteiger partial charge on any atom is -0.482 e. The molecule has 2 N–H and O–H groups in total. The zero-order chi connectivity index (χ0) is 22.1. The number of carbonyl (C=O) groups is 1. The first-order valence-electron chi connectivity index (χ1n) is 10.3. The topological polar surface area (TPSA) is 87.1 Å². The molecule has 1 aliphatic heterocycles. The van der Waals surface area contributed by atoms with E-state index in [0.717, 1.165) is 27.0 Å². The molecule has 1 aliphatic rings. The maximum Gasteiger partial charge on any atom is 0.297 e. The largest absolute Gasteiger partial charge is 0.482 e. The SMILES string of the molecule is C[N+](=O)c1cc(C2NC(=O)c3[nH]nc(-c4ccccc4)c32)ccc1OCc1ccccc1. The van der Waals surface area contributed by atoms with Gasteiger partial charge in [0.2, 0.25) is 0 Å². The van der Waals surface area contributed by atoms with Gasteiger partial charge in [0.25, 0.3) is 11.6 Å². The molecule has 0 fully saturated rings. The molecule has 32 heavy (non-hydrogen) atoms. The van der Waals surface area contributed by atoms with Crippen molar-refractivity contribution in [2.75, 3.05) is 7.05 Å². The minimum atomic E-state index is -0.423. The smallest absolute Gasteiger partial charge is 0.297 e. The number of nitroso groups, excluding NO2 is 1. The van der Waals surface area contributed by atoms with Gasteiger partial charge in [-0.25, -0.2) is 0 Å². The van der Waals surface area contributed by atoms with E-state index in [1.54, 1.807) is 12.1 Å². The Kier molecular flexibility index (Phi) is 4.99. The molecular formula is C25H21N4O3+. The standard InChI is InChI=1S/C25H20N4O3/c1-29(31)19-14-18(12-13-20(19)32-15-16-8-4-2-5-9-16)22-21-23(17-10-6-3-7-11-17)27-28-24(21)25(30)26-22/h2-14,22H,15H2,1H3,(H-,26,27,28,30)/p+1. The number of aromatic nitrogens is 2. The molecule has 0 aliphatic carbocycles. The quantitative estimate of drug-likeness (QED) is 0.445. The van der Waals surface area contributed by atoms with E-state index in [1.807, 2.05) is 66.7 Å². The lowest BCUT2D eigenvalue weighted by Gasteiger charge is -2.14. The van der Waals surface area contributed by atoms with Crippen LogP contribution in [0.3, 0.4) is 0 Å². The average Bonchev–Trinajstić information content (AvgIpc) is 3.40. The Balaban J connectivity index is 1.50. The summed E-state index contributed by atoms with van der Waals surface area (Å²) in [6, 6.07) is 24.4. The number of hydrogen-bond acceptors (Lipinski definition) is 4. The lowest BCUT2D eigenvalue weighted by Crippen LogP contribution is -2.21. The molecule has 1 amide bonds. The zero-order valence-corrected chi connectivity index (χ0v) is 17.4. The van der Waals surface area contributed by atoms with Crippen molar-refractivity contribution in [1.82, 2.24) is 15.5 Å². The first-order chi connectivity index (χ1) is 15.6. The molecule has 1 unspecified atom stereocenters. The molecule has 7 heteroatoms. The number of ether oxygens (including phenoxy) is 1. The zero-order valence-electron chi connectivity index (χ0n) is 17.4. The van der Waals surface area contributed by atoms with Crippen LogP contribution in [0.4, 0.5) is 5.69 Å². The van der Waals surface area contributed by atoms with Crippen molar-refractivity contribution in [3.63, 3.8) is 0 Å². The van der Waals surface area contributed by atoms with Crippen LogP contribution in [-0.2, 0) is 6.61 Å². The van der Waals surface area contributed by atoms with Crippen LogP contribution < -0.4 is 10.1 Å². The minimum absolute atomic E-state index is 0.221. The van der Waals surface area contributed by atoms with Gasteiger partial charge in [-0.05, 0) is 17.2 Å². The average molecular weight is 425 g/mol.